The minimum atomic E-state index is -0.661. The summed E-state index contributed by atoms with van der Waals surface area (Å²) in [7, 11) is 3.15. The Kier molecular flexibility index (Phi) is 3.62. The van der Waals surface area contributed by atoms with Crippen LogP contribution in [0.5, 0.6) is 0 Å². The summed E-state index contributed by atoms with van der Waals surface area (Å²) in [4.78, 5) is 14.7. The first kappa shape index (κ1) is 10.7. The monoisotopic (exact) mass is 200 g/mol. The Labute approximate surface area is 83.9 Å². The second kappa shape index (κ2) is 4.74. The summed E-state index contributed by atoms with van der Waals surface area (Å²) in [6, 6.07) is 0. The third-order valence-corrected chi connectivity index (χ3v) is 1.98. The van der Waals surface area contributed by atoms with Gasteiger partial charge in [0.1, 0.15) is 0 Å². The summed E-state index contributed by atoms with van der Waals surface area (Å²) in [5.41, 5.74) is 0. The third-order valence-electron chi connectivity index (χ3n) is 1.98. The van der Waals surface area contributed by atoms with E-state index >= 15 is 0 Å². The van der Waals surface area contributed by atoms with E-state index < -0.39 is 6.16 Å². The molecule has 0 saturated carbocycles. The number of nitrogens with zero attached hydrogens (tertiary/aromatic N) is 2. The van der Waals surface area contributed by atoms with Crippen LogP contribution >= 0.6 is 0 Å². The van der Waals surface area contributed by atoms with Gasteiger partial charge in [0.2, 0.25) is 0 Å². The predicted octanol–water partition coefficient (Wildman–Crippen LogP) is 1.18. The Balaban J connectivity index is 2.51. The molecule has 1 aliphatic rings. The Morgan fingerprint density at radius 1 is 1.50 bits per heavy atom. The van der Waals surface area contributed by atoms with Crippen molar-refractivity contribution in [3.8, 4) is 0 Å². The highest BCUT2D eigenvalue weighted by Crippen LogP contribution is 2.15. The van der Waals surface area contributed by atoms with Gasteiger partial charge in [-0.05, 0) is 6.42 Å². The quantitative estimate of drug-likeness (QED) is 0.640. The topological polar surface area (TPSA) is 42.0 Å². The van der Waals surface area contributed by atoms with Crippen molar-refractivity contribution in [2.24, 2.45) is 0 Å². The number of hydrogen-bond donors (Lipinski definition) is 0. The van der Waals surface area contributed by atoms with Crippen LogP contribution in [0, 0.1) is 0 Å². The largest absolute Gasteiger partial charge is 0.511 e. The van der Waals surface area contributed by atoms with Crippen molar-refractivity contribution < 1.29 is 14.3 Å². The Morgan fingerprint density at radius 2 is 2.21 bits per heavy atom. The van der Waals surface area contributed by atoms with Gasteiger partial charge in [0.25, 0.3) is 6.35 Å². The molecule has 1 atom stereocenters. The van der Waals surface area contributed by atoms with Crippen LogP contribution in [0.3, 0.4) is 0 Å². The highest BCUT2D eigenvalue weighted by molar-refractivity contribution is 5.59. The molecule has 0 amide bonds. The van der Waals surface area contributed by atoms with Gasteiger partial charge < -0.3 is 19.3 Å². The smallest absolute Gasteiger partial charge is 0.438 e. The maximum absolute atomic E-state index is 10.9. The lowest BCUT2D eigenvalue weighted by Gasteiger charge is -2.28. The zero-order valence-corrected chi connectivity index (χ0v) is 8.77. The van der Waals surface area contributed by atoms with Crippen molar-refractivity contribution in [3.05, 3.63) is 12.4 Å². The molecule has 1 heterocycles. The summed E-state index contributed by atoms with van der Waals surface area (Å²) >= 11 is 0. The first-order valence-corrected chi connectivity index (χ1v) is 4.59. The van der Waals surface area contributed by atoms with E-state index in [0.29, 0.717) is 0 Å². The van der Waals surface area contributed by atoms with Gasteiger partial charge in [-0.1, -0.05) is 6.92 Å². The molecule has 1 aliphatic heterocycles. The van der Waals surface area contributed by atoms with E-state index in [1.807, 2.05) is 29.2 Å². The number of ether oxygens (including phenoxy) is 2. The van der Waals surface area contributed by atoms with Gasteiger partial charge in [-0.2, -0.15) is 0 Å². The molecule has 1 rings (SSSR count). The minimum absolute atomic E-state index is 0.373. The summed E-state index contributed by atoms with van der Waals surface area (Å²) in [6.07, 6.45) is 3.73. The van der Waals surface area contributed by atoms with E-state index in [9.17, 15) is 4.79 Å². The summed E-state index contributed by atoms with van der Waals surface area (Å²) in [5.74, 6) is 0. The number of rotatable bonds is 3. The van der Waals surface area contributed by atoms with E-state index in [-0.39, 0.29) is 6.35 Å². The van der Waals surface area contributed by atoms with Crippen LogP contribution in [0.4, 0.5) is 4.79 Å². The van der Waals surface area contributed by atoms with Crippen molar-refractivity contribution >= 4 is 6.16 Å². The maximum atomic E-state index is 10.9. The standard InChI is InChI=1S/C9H16N2O3/c1-4-5-11-7-6-10(2)8(11)14-9(12)13-3/h6-8H,4-5H2,1-3H3. The molecule has 5 heteroatoms. The van der Waals surface area contributed by atoms with Crippen LogP contribution in [0.15, 0.2) is 12.4 Å². The van der Waals surface area contributed by atoms with Crippen LogP contribution in [-0.2, 0) is 9.47 Å². The van der Waals surface area contributed by atoms with Gasteiger partial charge >= 0.3 is 6.16 Å². The zero-order chi connectivity index (χ0) is 10.6. The molecule has 0 aliphatic carbocycles. The maximum Gasteiger partial charge on any atom is 0.511 e. The van der Waals surface area contributed by atoms with E-state index in [4.69, 9.17) is 4.74 Å². The Bertz CT molecular complexity index is 230. The molecule has 0 aromatic rings. The molecular weight excluding hydrogens is 184 g/mol. The number of methoxy groups -OCH3 is 1. The minimum Gasteiger partial charge on any atom is -0.438 e. The third kappa shape index (κ3) is 2.31. The molecule has 80 valence electrons. The molecule has 0 radical (unpaired) electrons. The van der Waals surface area contributed by atoms with Crippen LogP contribution < -0.4 is 0 Å². The van der Waals surface area contributed by atoms with Gasteiger partial charge in [0, 0.05) is 26.0 Å². The molecule has 0 bridgehead atoms. The lowest BCUT2D eigenvalue weighted by molar-refractivity contribution is -0.0725. The van der Waals surface area contributed by atoms with Crippen LogP contribution in [0.1, 0.15) is 13.3 Å². The molecule has 5 nitrogen and oxygen atoms in total. The lowest BCUT2D eigenvalue weighted by Crippen LogP contribution is -2.40. The van der Waals surface area contributed by atoms with E-state index in [0.717, 1.165) is 13.0 Å². The number of carbonyl (C=O) groups excluding carboxylic acids is 1. The van der Waals surface area contributed by atoms with Crippen molar-refractivity contribution in [1.82, 2.24) is 9.80 Å². The van der Waals surface area contributed by atoms with E-state index in [1.54, 1.807) is 0 Å². The highest BCUT2D eigenvalue weighted by Gasteiger charge is 2.26. The van der Waals surface area contributed by atoms with E-state index in [1.165, 1.54) is 7.11 Å². The first-order valence-electron chi connectivity index (χ1n) is 4.59. The fourth-order valence-electron chi connectivity index (χ4n) is 1.30. The average Bonchev–Trinajstić information content (AvgIpc) is 2.50. The van der Waals surface area contributed by atoms with Crippen molar-refractivity contribution in [3.63, 3.8) is 0 Å². The normalized spacial score (nSPS) is 20.1. The van der Waals surface area contributed by atoms with E-state index in [2.05, 4.69) is 11.7 Å². The molecule has 0 N–H and O–H groups in total. The van der Waals surface area contributed by atoms with Crippen LogP contribution in [0.25, 0.3) is 0 Å². The van der Waals surface area contributed by atoms with Gasteiger partial charge in [0.15, 0.2) is 0 Å². The van der Waals surface area contributed by atoms with Crippen LogP contribution in [-0.4, -0.2) is 43.0 Å². The van der Waals surface area contributed by atoms with Gasteiger partial charge in [-0.15, -0.1) is 0 Å². The first-order chi connectivity index (χ1) is 6.69. The molecule has 1 unspecified atom stereocenters. The van der Waals surface area contributed by atoms with Gasteiger partial charge in [-0.25, -0.2) is 4.79 Å². The molecular formula is C9H16N2O3. The summed E-state index contributed by atoms with van der Waals surface area (Å²) in [6.45, 7) is 2.92. The lowest BCUT2D eigenvalue weighted by atomic mass is 10.4. The number of hydrogen-bond acceptors (Lipinski definition) is 5. The molecule has 0 fully saturated rings. The molecule has 0 aromatic carbocycles. The molecule has 14 heavy (non-hydrogen) atoms. The van der Waals surface area contributed by atoms with Crippen molar-refractivity contribution in [2.45, 2.75) is 19.7 Å². The second-order valence-corrected chi connectivity index (χ2v) is 3.10. The fraction of sp³-hybridized carbons (Fsp3) is 0.667. The SMILES string of the molecule is CCCN1C=CN(C)C1OC(=O)OC. The molecule has 0 saturated heterocycles. The van der Waals surface area contributed by atoms with Crippen LogP contribution in [0.2, 0.25) is 0 Å². The number of carbonyl (C=O) groups is 1. The van der Waals surface area contributed by atoms with Gasteiger partial charge in [-0.3, -0.25) is 0 Å². The highest BCUT2D eigenvalue weighted by atomic mass is 16.7. The molecule has 0 spiro atoms. The molecule has 0 aromatic heterocycles. The zero-order valence-electron chi connectivity index (χ0n) is 8.77. The Hall–Kier alpha value is -1.39. The van der Waals surface area contributed by atoms with Crippen molar-refractivity contribution in [2.75, 3.05) is 20.7 Å². The Morgan fingerprint density at radius 3 is 2.79 bits per heavy atom. The fourth-order valence-corrected chi connectivity index (χ4v) is 1.30. The summed E-state index contributed by atoms with van der Waals surface area (Å²) < 4.78 is 9.51. The second-order valence-electron chi connectivity index (χ2n) is 3.10. The van der Waals surface area contributed by atoms with Crippen molar-refractivity contribution in [1.29, 1.82) is 0 Å². The predicted molar refractivity (Wildman–Crippen MR) is 51.2 cm³/mol. The summed E-state index contributed by atoms with van der Waals surface area (Å²) in [5, 5.41) is 0. The average molecular weight is 200 g/mol. The van der Waals surface area contributed by atoms with Gasteiger partial charge in [0.05, 0.1) is 7.11 Å².